The molecule has 2 amide bonds. The minimum absolute atomic E-state index is 0.0512. The Hall–Kier alpha value is -2.74. The van der Waals surface area contributed by atoms with Crippen LogP contribution in [-0.4, -0.2) is 67.1 Å². The molecule has 0 spiro atoms. The number of nitrogens with one attached hydrogen (secondary N) is 3. The number of carbonyl (C=O) groups excluding carboxylic acids is 3. The number of ketones is 1. The number of benzene rings is 1. The Bertz CT molecular complexity index is 831. The van der Waals surface area contributed by atoms with E-state index >= 15 is 0 Å². The average molecular weight is 431 g/mol. The summed E-state index contributed by atoms with van der Waals surface area (Å²) >= 11 is 0. The first-order valence-electron chi connectivity index (χ1n) is 10.6. The second kappa shape index (κ2) is 10.5. The topological polar surface area (TPSA) is 112 Å². The van der Waals surface area contributed by atoms with Crippen molar-refractivity contribution in [1.29, 1.82) is 5.41 Å². The number of nitrogens with zero attached hydrogens (tertiary/aromatic N) is 1. The second-order valence-electron chi connectivity index (χ2n) is 9.03. The van der Waals surface area contributed by atoms with Crippen molar-refractivity contribution in [2.24, 2.45) is 5.41 Å². The fraction of sp³-hybridized carbons (Fsp3) is 0.565. The molecule has 3 N–H and O–H groups in total. The third-order valence-electron chi connectivity index (χ3n) is 5.39. The van der Waals surface area contributed by atoms with Crippen LogP contribution in [0.2, 0.25) is 0 Å². The Morgan fingerprint density at radius 1 is 1.23 bits per heavy atom. The highest BCUT2D eigenvalue weighted by Gasteiger charge is 2.41. The molecule has 1 heterocycles. The van der Waals surface area contributed by atoms with Crippen molar-refractivity contribution >= 4 is 29.0 Å². The molecule has 0 bridgehead atoms. The molecule has 8 heteroatoms. The molecule has 0 radical (unpaired) electrons. The largest absolute Gasteiger partial charge is 0.379 e. The number of ether oxygens (including phenoxy) is 1. The lowest BCUT2D eigenvalue weighted by Crippen LogP contribution is -2.52. The Kier molecular flexibility index (Phi) is 8.33. The number of carbonyl (C=O) groups is 3. The van der Waals surface area contributed by atoms with Gasteiger partial charge in [0, 0.05) is 38.4 Å². The average Bonchev–Trinajstić information content (AvgIpc) is 3.15. The van der Waals surface area contributed by atoms with E-state index in [4.69, 9.17) is 10.1 Å². The van der Waals surface area contributed by atoms with Crippen LogP contribution >= 0.6 is 0 Å². The number of hydrogen-bond acceptors (Lipinski definition) is 6. The van der Waals surface area contributed by atoms with E-state index in [1.807, 2.05) is 0 Å². The number of hydrogen-bond donors (Lipinski definition) is 3. The molecule has 170 valence electrons. The molecule has 0 aliphatic carbocycles. The molecule has 1 fully saturated rings. The smallest absolute Gasteiger partial charge is 0.245 e. The Morgan fingerprint density at radius 2 is 1.90 bits per heavy atom. The predicted octanol–water partition coefficient (Wildman–Crippen LogP) is 2.22. The van der Waals surface area contributed by atoms with Gasteiger partial charge in [-0.25, -0.2) is 0 Å². The summed E-state index contributed by atoms with van der Waals surface area (Å²) in [7, 11) is 1.55. The van der Waals surface area contributed by atoms with Crippen LogP contribution < -0.4 is 10.6 Å². The van der Waals surface area contributed by atoms with Gasteiger partial charge in [0.15, 0.2) is 5.78 Å². The van der Waals surface area contributed by atoms with Crippen LogP contribution in [0.15, 0.2) is 24.3 Å². The second-order valence-corrected chi connectivity index (χ2v) is 9.03. The van der Waals surface area contributed by atoms with Crippen LogP contribution in [-0.2, 0) is 19.1 Å². The van der Waals surface area contributed by atoms with Crippen LogP contribution in [0.1, 0.15) is 46.1 Å². The van der Waals surface area contributed by atoms with Crippen molar-refractivity contribution in [3.63, 3.8) is 0 Å². The van der Waals surface area contributed by atoms with Gasteiger partial charge in [0.25, 0.3) is 0 Å². The standard InChI is InChI=1S/C23H34N4O4/c1-15(28)20(24)16-8-6-7-9-17(16)26-14-19(29)27-13-10-18(31-5)21(27)22(30)25-12-11-23(2,3)4/h6-9,18,21,24,26H,10-14H2,1-5H3,(H,25,30)/t18-,21+/m1/s1. The predicted molar refractivity (Wildman–Crippen MR) is 120 cm³/mol. The molecule has 1 aromatic carbocycles. The van der Waals surface area contributed by atoms with Gasteiger partial charge in [0.2, 0.25) is 11.8 Å². The number of rotatable bonds is 9. The molecule has 1 aliphatic rings. The third-order valence-corrected chi connectivity index (χ3v) is 5.39. The van der Waals surface area contributed by atoms with Crippen molar-refractivity contribution in [3.8, 4) is 0 Å². The number of likely N-dealkylation sites (tertiary alicyclic amines) is 1. The van der Waals surface area contributed by atoms with Crippen LogP contribution in [0, 0.1) is 10.8 Å². The number of amides is 2. The monoisotopic (exact) mass is 430 g/mol. The zero-order valence-electron chi connectivity index (χ0n) is 19.1. The van der Waals surface area contributed by atoms with Gasteiger partial charge in [0.05, 0.1) is 12.6 Å². The van der Waals surface area contributed by atoms with E-state index in [1.165, 1.54) is 6.92 Å². The maximum absolute atomic E-state index is 13.0. The molecule has 1 aliphatic heterocycles. The third kappa shape index (κ3) is 6.62. The lowest BCUT2D eigenvalue weighted by molar-refractivity contribution is -0.139. The molecule has 1 aromatic rings. The highest BCUT2D eigenvalue weighted by Crippen LogP contribution is 2.23. The van der Waals surface area contributed by atoms with Gasteiger partial charge < -0.3 is 20.3 Å². The number of para-hydroxylation sites is 1. The Morgan fingerprint density at radius 3 is 2.52 bits per heavy atom. The molecule has 0 unspecified atom stereocenters. The number of methoxy groups -OCH3 is 1. The van der Waals surface area contributed by atoms with E-state index < -0.39 is 6.04 Å². The summed E-state index contributed by atoms with van der Waals surface area (Å²) in [5.41, 5.74) is 0.955. The summed E-state index contributed by atoms with van der Waals surface area (Å²) in [6, 6.07) is 6.22. The quantitative estimate of drug-likeness (QED) is 0.520. The Labute approximate surface area is 184 Å². The van der Waals surface area contributed by atoms with Crippen molar-refractivity contribution in [2.75, 3.05) is 32.1 Å². The summed E-state index contributed by atoms with van der Waals surface area (Å²) in [4.78, 5) is 38.9. The molecule has 1 saturated heterocycles. The van der Waals surface area contributed by atoms with E-state index in [0.29, 0.717) is 30.8 Å². The van der Waals surface area contributed by atoms with Gasteiger partial charge in [-0.15, -0.1) is 0 Å². The van der Waals surface area contributed by atoms with Crippen LogP contribution in [0.25, 0.3) is 0 Å². The van der Waals surface area contributed by atoms with Gasteiger partial charge >= 0.3 is 0 Å². The highest BCUT2D eigenvalue weighted by atomic mass is 16.5. The molecule has 8 nitrogen and oxygen atoms in total. The molecule has 31 heavy (non-hydrogen) atoms. The first kappa shape index (κ1) is 24.5. The first-order chi connectivity index (χ1) is 14.5. The molecule has 0 saturated carbocycles. The van der Waals surface area contributed by atoms with Crippen LogP contribution in [0.4, 0.5) is 5.69 Å². The summed E-state index contributed by atoms with van der Waals surface area (Å²) in [6.07, 6.45) is 1.07. The molecular formula is C23H34N4O4. The van der Waals surface area contributed by atoms with Crippen molar-refractivity contribution in [2.45, 2.75) is 52.7 Å². The van der Waals surface area contributed by atoms with E-state index in [0.717, 1.165) is 6.42 Å². The van der Waals surface area contributed by atoms with Crippen molar-refractivity contribution in [1.82, 2.24) is 10.2 Å². The van der Waals surface area contributed by atoms with E-state index in [2.05, 4.69) is 31.4 Å². The minimum Gasteiger partial charge on any atom is -0.379 e. The van der Waals surface area contributed by atoms with Crippen molar-refractivity contribution < 1.29 is 19.1 Å². The molecule has 0 aromatic heterocycles. The van der Waals surface area contributed by atoms with Crippen molar-refractivity contribution in [3.05, 3.63) is 29.8 Å². The summed E-state index contributed by atoms with van der Waals surface area (Å²) in [5, 5.41) is 13.9. The maximum Gasteiger partial charge on any atom is 0.245 e. The summed E-state index contributed by atoms with van der Waals surface area (Å²) in [5.74, 6) is -0.796. The van der Waals surface area contributed by atoms with Crippen LogP contribution in [0.3, 0.4) is 0 Å². The zero-order valence-corrected chi connectivity index (χ0v) is 19.1. The number of anilines is 1. The first-order valence-corrected chi connectivity index (χ1v) is 10.6. The van der Waals surface area contributed by atoms with E-state index in [-0.39, 0.29) is 41.4 Å². The van der Waals surface area contributed by atoms with E-state index in [1.54, 1.807) is 36.3 Å². The molecule has 2 atom stereocenters. The summed E-state index contributed by atoms with van der Waals surface area (Å²) in [6.45, 7) is 8.58. The Balaban J connectivity index is 2.06. The lowest BCUT2D eigenvalue weighted by atomic mass is 9.92. The SMILES string of the molecule is CO[C@@H]1CCN(C(=O)CNc2ccccc2C(=N)C(C)=O)[C@@H]1C(=O)NCCC(C)(C)C. The van der Waals surface area contributed by atoms with Gasteiger partial charge in [-0.1, -0.05) is 39.0 Å². The van der Waals surface area contributed by atoms with E-state index in [9.17, 15) is 14.4 Å². The maximum atomic E-state index is 13.0. The van der Waals surface area contributed by atoms with Gasteiger partial charge in [-0.3, -0.25) is 19.8 Å². The summed E-state index contributed by atoms with van der Waals surface area (Å²) < 4.78 is 5.47. The van der Waals surface area contributed by atoms with Gasteiger partial charge in [-0.2, -0.15) is 0 Å². The zero-order chi connectivity index (χ0) is 23.2. The molecular weight excluding hydrogens is 396 g/mol. The number of Topliss-reactive ketones (excluding diaryl/α,β-unsaturated/α-hetero) is 1. The highest BCUT2D eigenvalue weighted by molar-refractivity contribution is 6.45. The fourth-order valence-electron chi connectivity index (χ4n) is 3.58. The van der Waals surface area contributed by atoms with Gasteiger partial charge in [-0.05, 0) is 24.3 Å². The minimum atomic E-state index is -0.676. The molecule has 2 rings (SSSR count). The van der Waals surface area contributed by atoms with Crippen LogP contribution in [0.5, 0.6) is 0 Å². The lowest BCUT2D eigenvalue weighted by Gasteiger charge is -2.28. The fourth-order valence-corrected chi connectivity index (χ4v) is 3.58. The van der Waals surface area contributed by atoms with Gasteiger partial charge in [0.1, 0.15) is 11.8 Å². The normalized spacial score (nSPS) is 18.5.